The average molecular weight is 439 g/mol. The van der Waals surface area contributed by atoms with Crippen molar-refractivity contribution in [1.29, 1.82) is 0 Å². The van der Waals surface area contributed by atoms with E-state index in [4.69, 9.17) is 9.72 Å². The molecule has 0 saturated heterocycles. The van der Waals surface area contributed by atoms with Gasteiger partial charge >= 0.3 is 6.18 Å². The van der Waals surface area contributed by atoms with Gasteiger partial charge in [-0.2, -0.15) is 13.2 Å². The zero-order chi connectivity index (χ0) is 22.5. The van der Waals surface area contributed by atoms with Crippen LogP contribution in [0.3, 0.4) is 0 Å². The topological polar surface area (TPSA) is 49.0 Å². The molecule has 0 amide bonds. The summed E-state index contributed by atoms with van der Waals surface area (Å²) in [7, 11) is 1.99. The fourth-order valence-electron chi connectivity index (χ4n) is 3.77. The van der Waals surface area contributed by atoms with E-state index < -0.39 is 11.7 Å². The number of aromatic nitrogens is 3. The van der Waals surface area contributed by atoms with Crippen molar-refractivity contribution in [3.05, 3.63) is 88.1 Å². The normalized spacial score (nSPS) is 14.1. The molecule has 0 N–H and O–H groups in total. The van der Waals surface area contributed by atoms with Crippen LogP contribution in [-0.4, -0.2) is 14.1 Å². The lowest BCUT2D eigenvalue weighted by Gasteiger charge is -2.10. The van der Waals surface area contributed by atoms with E-state index in [2.05, 4.69) is 4.57 Å². The molecule has 2 heterocycles. The summed E-state index contributed by atoms with van der Waals surface area (Å²) >= 11 is 0. The van der Waals surface area contributed by atoms with E-state index in [1.54, 1.807) is 12.3 Å². The van der Waals surface area contributed by atoms with Gasteiger partial charge in [-0.05, 0) is 54.8 Å². The molecule has 8 heteroatoms. The number of benzene rings is 2. The van der Waals surface area contributed by atoms with Crippen molar-refractivity contribution >= 4 is 11.0 Å². The zero-order valence-corrected chi connectivity index (χ0v) is 17.3. The second-order valence-corrected chi connectivity index (χ2v) is 8.03. The molecule has 1 saturated carbocycles. The molecule has 1 fully saturated rings. The van der Waals surface area contributed by atoms with Crippen LogP contribution in [0.2, 0.25) is 0 Å². The lowest BCUT2D eigenvalue weighted by atomic mass is 10.1. The highest BCUT2D eigenvalue weighted by Gasteiger charge is 2.30. The number of hydrogen-bond acceptors (Lipinski definition) is 3. The van der Waals surface area contributed by atoms with E-state index in [1.165, 1.54) is 22.8 Å². The van der Waals surface area contributed by atoms with Crippen LogP contribution >= 0.6 is 0 Å². The summed E-state index contributed by atoms with van der Waals surface area (Å²) in [4.78, 5) is 17.4. The number of hydrogen-bond donors (Lipinski definition) is 0. The Balaban J connectivity index is 1.34. The maximum Gasteiger partial charge on any atom is 0.416 e. The number of ether oxygens (including phenoxy) is 1. The van der Waals surface area contributed by atoms with Crippen LogP contribution in [0.5, 0.6) is 5.75 Å². The van der Waals surface area contributed by atoms with Gasteiger partial charge in [-0.25, -0.2) is 4.98 Å². The number of rotatable bonds is 5. The van der Waals surface area contributed by atoms with Gasteiger partial charge in [0.25, 0.3) is 5.56 Å². The van der Waals surface area contributed by atoms with Crippen LogP contribution in [0.1, 0.15) is 35.7 Å². The van der Waals surface area contributed by atoms with E-state index in [0.29, 0.717) is 17.2 Å². The van der Waals surface area contributed by atoms with Crippen molar-refractivity contribution in [2.75, 3.05) is 0 Å². The molecular formula is C24H20F3N3O2. The molecule has 32 heavy (non-hydrogen) atoms. The molecule has 164 valence electrons. The van der Waals surface area contributed by atoms with Gasteiger partial charge in [0.15, 0.2) is 0 Å². The summed E-state index contributed by atoms with van der Waals surface area (Å²) in [5.74, 6) is 1.96. The van der Waals surface area contributed by atoms with Crippen molar-refractivity contribution in [2.45, 2.75) is 31.5 Å². The highest BCUT2D eigenvalue weighted by atomic mass is 19.4. The van der Waals surface area contributed by atoms with E-state index in [1.807, 2.05) is 25.2 Å². The molecule has 0 radical (unpaired) electrons. The summed E-state index contributed by atoms with van der Waals surface area (Å²) in [5, 5.41) is 0. The second kappa shape index (κ2) is 7.55. The van der Waals surface area contributed by atoms with E-state index >= 15 is 0 Å². The number of alkyl halides is 3. The molecule has 0 bridgehead atoms. The molecule has 4 aromatic rings. The maximum absolute atomic E-state index is 12.7. The monoisotopic (exact) mass is 439 g/mol. The van der Waals surface area contributed by atoms with E-state index in [-0.39, 0.29) is 12.2 Å². The van der Waals surface area contributed by atoms with Gasteiger partial charge < -0.3 is 9.30 Å². The number of nitrogens with zero attached hydrogens (tertiary/aromatic N) is 3. The van der Waals surface area contributed by atoms with Crippen molar-refractivity contribution in [3.63, 3.8) is 0 Å². The lowest BCUT2D eigenvalue weighted by molar-refractivity contribution is -0.137. The minimum Gasteiger partial charge on any atom is -0.489 e. The Morgan fingerprint density at radius 2 is 1.81 bits per heavy atom. The molecule has 1 aliphatic rings. The summed E-state index contributed by atoms with van der Waals surface area (Å²) in [6, 6.07) is 13.5. The first-order chi connectivity index (χ1) is 15.3. The predicted molar refractivity (Wildman–Crippen MR) is 114 cm³/mol. The predicted octanol–water partition coefficient (Wildman–Crippen LogP) is 5.20. The van der Waals surface area contributed by atoms with Crippen LogP contribution < -0.4 is 10.3 Å². The van der Waals surface area contributed by atoms with Gasteiger partial charge in [0.2, 0.25) is 0 Å². The summed E-state index contributed by atoms with van der Waals surface area (Å²) in [6.07, 6.45) is -0.416. The lowest BCUT2D eigenvalue weighted by Crippen LogP contribution is -2.16. The quantitative estimate of drug-likeness (QED) is 0.430. The molecule has 5 rings (SSSR count). The van der Waals surface area contributed by atoms with Gasteiger partial charge in [-0.1, -0.05) is 12.1 Å². The largest absolute Gasteiger partial charge is 0.489 e. The van der Waals surface area contributed by atoms with Crippen LogP contribution in [0.25, 0.3) is 16.7 Å². The first-order valence-electron chi connectivity index (χ1n) is 10.3. The van der Waals surface area contributed by atoms with Gasteiger partial charge in [0.05, 0.1) is 22.3 Å². The van der Waals surface area contributed by atoms with Gasteiger partial charge in [-0.15, -0.1) is 0 Å². The molecule has 0 unspecified atom stereocenters. The summed E-state index contributed by atoms with van der Waals surface area (Å²) in [5.41, 5.74) is 2.21. The van der Waals surface area contributed by atoms with Crippen molar-refractivity contribution < 1.29 is 17.9 Å². The minimum absolute atomic E-state index is 0.0620. The average Bonchev–Trinajstić information content (AvgIpc) is 3.56. The first kappa shape index (κ1) is 20.4. The van der Waals surface area contributed by atoms with Crippen LogP contribution in [-0.2, 0) is 19.8 Å². The standard InChI is InChI=1S/C24H20F3N3O2/c1-29-21-12-18(8-9-20(21)28-23(29)16-4-5-16)30-11-10-19(13-22(30)31)32-14-15-2-6-17(7-3-15)24(25,26)27/h2-3,6-13,16H,4-5,14H2,1H3. The summed E-state index contributed by atoms with van der Waals surface area (Å²) < 4.78 is 47.2. The van der Waals surface area contributed by atoms with Crippen LogP contribution in [0.4, 0.5) is 13.2 Å². The number of pyridine rings is 1. The van der Waals surface area contributed by atoms with Crippen molar-refractivity contribution in [2.24, 2.45) is 7.05 Å². The van der Waals surface area contributed by atoms with Gasteiger partial charge in [-0.3, -0.25) is 9.36 Å². The van der Waals surface area contributed by atoms with Crippen molar-refractivity contribution in [1.82, 2.24) is 14.1 Å². The molecule has 0 aliphatic heterocycles. The Hall–Kier alpha value is -3.55. The van der Waals surface area contributed by atoms with E-state index in [9.17, 15) is 18.0 Å². The van der Waals surface area contributed by atoms with Crippen LogP contribution in [0.15, 0.2) is 65.6 Å². The second-order valence-electron chi connectivity index (χ2n) is 8.03. The molecule has 5 nitrogen and oxygen atoms in total. The highest BCUT2D eigenvalue weighted by molar-refractivity contribution is 5.78. The molecule has 2 aromatic carbocycles. The molecular weight excluding hydrogens is 419 g/mol. The Bertz CT molecular complexity index is 1350. The molecule has 0 atom stereocenters. The maximum atomic E-state index is 12.7. The third-order valence-corrected chi connectivity index (χ3v) is 5.70. The molecule has 1 aliphatic carbocycles. The van der Waals surface area contributed by atoms with Crippen molar-refractivity contribution in [3.8, 4) is 11.4 Å². The smallest absolute Gasteiger partial charge is 0.416 e. The third-order valence-electron chi connectivity index (χ3n) is 5.70. The fraction of sp³-hybridized carbons (Fsp3) is 0.250. The highest BCUT2D eigenvalue weighted by Crippen LogP contribution is 2.40. The van der Waals surface area contributed by atoms with Gasteiger partial charge in [0, 0.05) is 25.2 Å². The number of aryl methyl sites for hydroxylation is 1. The number of imidazole rings is 1. The zero-order valence-electron chi connectivity index (χ0n) is 17.3. The van der Waals surface area contributed by atoms with Gasteiger partial charge in [0.1, 0.15) is 18.2 Å². The van der Waals surface area contributed by atoms with E-state index in [0.717, 1.165) is 47.5 Å². The Labute approximate surface area is 181 Å². The Morgan fingerprint density at radius 3 is 2.47 bits per heavy atom. The first-order valence-corrected chi connectivity index (χ1v) is 10.3. The molecule has 2 aromatic heterocycles. The number of halogens is 3. The SMILES string of the molecule is Cn1c(C2CC2)nc2ccc(-n3ccc(OCc4ccc(C(F)(F)F)cc4)cc3=O)cc21. The fourth-order valence-corrected chi connectivity index (χ4v) is 3.77. The summed E-state index contributed by atoms with van der Waals surface area (Å²) in [6.45, 7) is 0.0620. The third kappa shape index (κ3) is 3.88. The van der Waals surface area contributed by atoms with Crippen LogP contribution in [0, 0.1) is 0 Å². The molecule has 0 spiro atoms. The Morgan fingerprint density at radius 1 is 1.06 bits per heavy atom. The number of fused-ring (bicyclic) bond motifs is 1. The minimum atomic E-state index is -4.37. The Kier molecular flexibility index (Phi) is 4.80.